The summed E-state index contributed by atoms with van der Waals surface area (Å²) in [6.07, 6.45) is 3.53. The second-order valence-electron chi connectivity index (χ2n) is 6.63. The number of rotatable bonds is 4. The molecular weight excluding hydrogens is 240 g/mol. The van der Waals surface area contributed by atoms with Crippen molar-refractivity contribution in [1.82, 2.24) is 5.32 Å². The molecule has 1 amide bonds. The topological polar surface area (TPSA) is 70.0 Å². The minimum Gasteiger partial charge on any atom is -0.358 e. The molecule has 19 heavy (non-hydrogen) atoms. The largest absolute Gasteiger partial charge is 0.358 e. The van der Waals surface area contributed by atoms with Gasteiger partial charge in [0, 0.05) is 13.5 Å². The van der Waals surface area contributed by atoms with Gasteiger partial charge in [0.15, 0.2) is 11.7 Å². The third-order valence-corrected chi connectivity index (χ3v) is 3.93. The van der Waals surface area contributed by atoms with Crippen molar-refractivity contribution < 1.29 is 9.59 Å². The monoisotopic (exact) mass is 264 g/mol. The maximum absolute atomic E-state index is 12.1. The zero-order chi connectivity index (χ0) is 14.6. The Bertz CT molecular complexity index is 395. The Morgan fingerprint density at radius 1 is 1.42 bits per heavy atom. The molecule has 3 atom stereocenters. The molecule has 1 N–H and O–H groups in total. The Morgan fingerprint density at radius 2 is 2.05 bits per heavy atom. The highest BCUT2D eigenvalue weighted by Gasteiger charge is 2.35. The van der Waals surface area contributed by atoms with Crippen molar-refractivity contribution in [2.24, 2.45) is 23.2 Å². The molecule has 0 bridgehead atoms. The van der Waals surface area contributed by atoms with Gasteiger partial charge in [0.05, 0.1) is 6.07 Å². The Hall–Kier alpha value is -1.37. The van der Waals surface area contributed by atoms with Crippen LogP contribution in [0.25, 0.3) is 0 Å². The minimum atomic E-state index is -1.15. The highest BCUT2D eigenvalue weighted by atomic mass is 16.2. The zero-order valence-corrected chi connectivity index (χ0v) is 12.3. The van der Waals surface area contributed by atoms with Crippen molar-refractivity contribution in [2.45, 2.75) is 46.5 Å². The van der Waals surface area contributed by atoms with Crippen LogP contribution in [-0.4, -0.2) is 18.7 Å². The number of nitriles is 1. The molecule has 0 aliphatic heterocycles. The van der Waals surface area contributed by atoms with E-state index in [1.54, 1.807) is 0 Å². The van der Waals surface area contributed by atoms with Crippen LogP contribution in [0.1, 0.15) is 46.5 Å². The van der Waals surface area contributed by atoms with Crippen molar-refractivity contribution in [3.63, 3.8) is 0 Å². The lowest BCUT2D eigenvalue weighted by Gasteiger charge is -2.39. The van der Waals surface area contributed by atoms with Crippen LogP contribution in [0.3, 0.4) is 0 Å². The first-order valence-electron chi connectivity index (χ1n) is 6.93. The fraction of sp³-hybridized carbons (Fsp3) is 0.800. The molecule has 0 saturated heterocycles. The summed E-state index contributed by atoms with van der Waals surface area (Å²) >= 11 is 0. The van der Waals surface area contributed by atoms with Crippen LogP contribution >= 0.6 is 0 Å². The first-order chi connectivity index (χ1) is 8.79. The first kappa shape index (κ1) is 15.7. The molecule has 0 aromatic carbocycles. The number of carbonyl (C=O) groups is 2. The summed E-state index contributed by atoms with van der Waals surface area (Å²) in [6.45, 7) is 6.65. The molecule has 1 aliphatic rings. The molecule has 4 heteroatoms. The molecule has 1 saturated carbocycles. The van der Waals surface area contributed by atoms with Gasteiger partial charge in [-0.25, -0.2) is 0 Å². The molecule has 0 spiro atoms. The molecule has 0 heterocycles. The predicted molar refractivity (Wildman–Crippen MR) is 73.1 cm³/mol. The van der Waals surface area contributed by atoms with E-state index < -0.39 is 11.8 Å². The molecule has 0 aromatic rings. The van der Waals surface area contributed by atoms with Gasteiger partial charge < -0.3 is 5.32 Å². The van der Waals surface area contributed by atoms with E-state index in [0.717, 1.165) is 12.8 Å². The summed E-state index contributed by atoms with van der Waals surface area (Å²) in [7, 11) is 1.45. The van der Waals surface area contributed by atoms with E-state index in [9.17, 15) is 9.59 Å². The van der Waals surface area contributed by atoms with E-state index in [0.29, 0.717) is 18.3 Å². The SMILES string of the molecule is CNC(=O)[C@@H](C#N)C(=O)C[C@@H]1C[C@@H](C)CC(C)(C)C1. The van der Waals surface area contributed by atoms with Crippen LogP contribution in [0.4, 0.5) is 0 Å². The fourth-order valence-corrected chi connectivity index (χ4v) is 3.52. The molecule has 0 unspecified atom stereocenters. The summed E-state index contributed by atoms with van der Waals surface area (Å²) in [6, 6.07) is 1.81. The maximum Gasteiger partial charge on any atom is 0.244 e. The maximum atomic E-state index is 12.1. The van der Waals surface area contributed by atoms with Crippen LogP contribution in [0.5, 0.6) is 0 Å². The van der Waals surface area contributed by atoms with Gasteiger partial charge in [-0.1, -0.05) is 20.8 Å². The van der Waals surface area contributed by atoms with Crippen molar-refractivity contribution in [3.8, 4) is 6.07 Å². The number of amides is 1. The van der Waals surface area contributed by atoms with Gasteiger partial charge in [0.1, 0.15) is 0 Å². The van der Waals surface area contributed by atoms with Gasteiger partial charge in [-0.15, -0.1) is 0 Å². The number of nitrogens with zero attached hydrogens (tertiary/aromatic N) is 1. The summed E-state index contributed by atoms with van der Waals surface area (Å²) < 4.78 is 0. The molecular formula is C15H24N2O2. The van der Waals surface area contributed by atoms with Gasteiger partial charge in [-0.3, -0.25) is 9.59 Å². The molecule has 1 rings (SSSR count). The van der Waals surface area contributed by atoms with Gasteiger partial charge >= 0.3 is 0 Å². The minimum absolute atomic E-state index is 0.239. The molecule has 1 aliphatic carbocycles. The summed E-state index contributed by atoms with van der Waals surface area (Å²) in [4.78, 5) is 23.5. The number of nitrogens with one attached hydrogen (secondary N) is 1. The number of ketones is 1. The van der Waals surface area contributed by atoms with Gasteiger partial charge in [0.2, 0.25) is 5.91 Å². The Balaban J connectivity index is 2.66. The van der Waals surface area contributed by atoms with Crippen LogP contribution in [0.15, 0.2) is 0 Å². The van der Waals surface area contributed by atoms with Crippen LogP contribution in [0, 0.1) is 34.5 Å². The van der Waals surface area contributed by atoms with Gasteiger partial charge in [-0.05, 0) is 36.5 Å². The van der Waals surface area contributed by atoms with E-state index in [1.807, 2.05) is 6.07 Å². The third-order valence-electron chi connectivity index (χ3n) is 3.93. The molecule has 4 nitrogen and oxygen atoms in total. The lowest BCUT2D eigenvalue weighted by Crippen LogP contribution is -2.35. The number of Topliss-reactive ketones (excluding diaryl/α,β-unsaturated/α-hetero) is 1. The second-order valence-corrected chi connectivity index (χ2v) is 6.63. The van der Waals surface area contributed by atoms with E-state index in [-0.39, 0.29) is 11.2 Å². The van der Waals surface area contributed by atoms with Crippen molar-refractivity contribution in [3.05, 3.63) is 0 Å². The quantitative estimate of drug-likeness (QED) is 0.792. The van der Waals surface area contributed by atoms with E-state index in [2.05, 4.69) is 26.1 Å². The van der Waals surface area contributed by atoms with E-state index in [4.69, 9.17) is 5.26 Å². The molecule has 106 valence electrons. The predicted octanol–water partition coefficient (Wildman–Crippen LogP) is 2.29. The normalized spacial score (nSPS) is 27.1. The third kappa shape index (κ3) is 4.34. The standard InChI is InChI=1S/C15H24N2O2/c1-10-5-11(8-15(2,3)7-10)6-13(18)12(9-16)14(19)17-4/h10-12H,5-8H2,1-4H3,(H,17,19)/t10-,11+,12+/m1/s1. The number of hydrogen-bond acceptors (Lipinski definition) is 3. The van der Waals surface area contributed by atoms with Crippen molar-refractivity contribution >= 4 is 11.7 Å². The molecule has 0 aromatic heterocycles. The van der Waals surface area contributed by atoms with Crippen molar-refractivity contribution in [1.29, 1.82) is 5.26 Å². The average molecular weight is 264 g/mol. The summed E-state index contributed by atoms with van der Waals surface area (Å²) in [5, 5.41) is 11.3. The Morgan fingerprint density at radius 3 is 2.53 bits per heavy atom. The lowest BCUT2D eigenvalue weighted by atomic mass is 9.66. The van der Waals surface area contributed by atoms with Crippen molar-refractivity contribution in [2.75, 3.05) is 7.05 Å². The smallest absolute Gasteiger partial charge is 0.244 e. The molecule has 0 radical (unpaired) electrons. The average Bonchev–Trinajstić information content (AvgIpc) is 2.26. The molecule has 1 fully saturated rings. The highest BCUT2D eigenvalue weighted by Crippen LogP contribution is 2.43. The van der Waals surface area contributed by atoms with E-state index >= 15 is 0 Å². The van der Waals surface area contributed by atoms with Gasteiger partial charge in [-0.2, -0.15) is 5.26 Å². The highest BCUT2D eigenvalue weighted by molar-refractivity contribution is 6.03. The zero-order valence-electron chi connectivity index (χ0n) is 12.3. The summed E-state index contributed by atoms with van der Waals surface area (Å²) in [5.41, 5.74) is 0.248. The first-order valence-corrected chi connectivity index (χ1v) is 6.93. The number of hydrogen-bond donors (Lipinski definition) is 1. The lowest BCUT2D eigenvalue weighted by molar-refractivity contribution is -0.132. The van der Waals surface area contributed by atoms with Crippen LogP contribution in [-0.2, 0) is 9.59 Å². The number of carbonyl (C=O) groups excluding carboxylic acids is 2. The summed E-state index contributed by atoms with van der Waals surface area (Å²) in [5.74, 6) is -0.980. The van der Waals surface area contributed by atoms with Crippen LogP contribution < -0.4 is 5.32 Å². The second kappa shape index (κ2) is 6.18. The van der Waals surface area contributed by atoms with Crippen LogP contribution in [0.2, 0.25) is 0 Å². The fourth-order valence-electron chi connectivity index (χ4n) is 3.52. The van der Waals surface area contributed by atoms with E-state index in [1.165, 1.54) is 13.5 Å². The Kier molecular flexibility index (Phi) is 5.11. The Labute approximate surface area is 115 Å². The van der Waals surface area contributed by atoms with Gasteiger partial charge in [0.25, 0.3) is 0 Å².